The Kier molecular flexibility index (Phi) is 5.81. The first-order valence-corrected chi connectivity index (χ1v) is 11.2. The highest BCUT2D eigenvalue weighted by molar-refractivity contribution is 8.00. The molecule has 2 amide bonds. The van der Waals surface area contributed by atoms with Crippen LogP contribution in [-0.2, 0) is 9.59 Å². The molecular formula is C23H27N3O2S. The van der Waals surface area contributed by atoms with Gasteiger partial charge in [-0.1, -0.05) is 25.0 Å². The van der Waals surface area contributed by atoms with Gasteiger partial charge in [0.2, 0.25) is 11.8 Å². The maximum absolute atomic E-state index is 12.6. The summed E-state index contributed by atoms with van der Waals surface area (Å²) in [5.41, 5.74) is 3.83. The molecule has 1 saturated carbocycles. The van der Waals surface area contributed by atoms with E-state index < -0.39 is 0 Å². The number of amides is 2. The molecule has 5 nitrogen and oxygen atoms in total. The van der Waals surface area contributed by atoms with E-state index in [9.17, 15) is 9.59 Å². The molecule has 2 aliphatic rings. The average molecular weight is 410 g/mol. The Bertz CT molecular complexity index is 891. The van der Waals surface area contributed by atoms with Gasteiger partial charge in [-0.15, -0.1) is 11.8 Å². The Morgan fingerprint density at radius 2 is 1.83 bits per heavy atom. The number of hydrogen-bond donors (Lipinski definition) is 1. The number of nitrogens with one attached hydrogen (secondary N) is 1. The van der Waals surface area contributed by atoms with Gasteiger partial charge in [0.05, 0.1) is 5.75 Å². The second-order valence-electron chi connectivity index (χ2n) is 7.93. The smallest absolute Gasteiger partial charge is 0.238 e. The van der Waals surface area contributed by atoms with Gasteiger partial charge in [0, 0.05) is 37.1 Å². The molecule has 1 N–H and O–H groups in total. The summed E-state index contributed by atoms with van der Waals surface area (Å²) in [6, 6.07) is 16.0. The number of carbonyl (C=O) groups excluding carboxylic acids is 2. The van der Waals surface area contributed by atoms with Gasteiger partial charge in [-0.2, -0.15) is 0 Å². The van der Waals surface area contributed by atoms with Crippen LogP contribution in [-0.4, -0.2) is 31.7 Å². The lowest BCUT2D eigenvalue weighted by Crippen LogP contribution is -2.28. The van der Waals surface area contributed by atoms with Crippen LogP contribution >= 0.6 is 11.8 Å². The van der Waals surface area contributed by atoms with E-state index >= 15 is 0 Å². The van der Waals surface area contributed by atoms with Gasteiger partial charge in [0.15, 0.2) is 0 Å². The van der Waals surface area contributed by atoms with Crippen LogP contribution in [0.3, 0.4) is 0 Å². The highest BCUT2D eigenvalue weighted by atomic mass is 32.2. The summed E-state index contributed by atoms with van der Waals surface area (Å²) in [5, 5.41) is 2.99. The first-order valence-electron chi connectivity index (χ1n) is 10.1. The molecule has 2 aromatic carbocycles. The molecule has 0 unspecified atom stereocenters. The Labute approximate surface area is 176 Å². The topological polar surface area (TPSA) is 52.6 Å². The number of thioether (sulfide) groups is 1. The molecule has 0 radical (unpaired) electrons. The van der Waals surface area contributed by atoms with Crippen molar-refractivity contribution < 1.29 is 9.59 Å². The number of nitrogens with zero attached hydrogens (tertiary/aromatic N) is 2. The van der Waals surface area contributed by atoms with Crippen LogP contribution in [0.1, 0.15) is 36.6 Å². The normalized spacial score (nSPS) is 19.6. The summed E-state index contributed by atoms with van der Waals surface area (Å²) in [5.74, 6) is 0.815. The van der Waals surface area contributed by atoms with Crippen molar-refractivity contribution in [2.45, 2.75) is 31.1 Å². The molecule has 0 spiro atoms. The summed E-state index contributed by atoms with van der Waals surface area (Å²) < 4.78 is 0. The number of hydrogen-bond acceptors (Lipinski definition) is 4. The third-order valence-corrected chi connectivity index (χ3v) is 6.89. The van der Waals surface area contributed by atoms with E-state index in [4.69, 9.17) is 0 Å². The van der Waals surface area contributed by atoms with Crippen molar-refractivity contribution >= 4 is 40.6 Å². The van der Waals surface area contributed by atoms with Gasteiger partial charge in [-0.05, 0) is 54.8 Å². The minimum atomic E-state index is -0.0870. The van der Waals surface area contributed by atoms with E-state index in [2.05, 4.69) is 5.32 Å². The molecule has 0 bridgehead atoms. The third kappa shape index (κ3) is 4.27. The largest absolute Gasteiger partial charge is 0.378 e. The fourth-order valence-corrected chi connectivity index (χ4v) is 5.23. The van der Waals surface area contributed by atoms with Crippen molar-refractivity contribution in [1.29, 1.82) is 0 Å². The zero-order chi connectivity index (χ0) is 20.4. The predicted molar refractivity (Wildman–Crippen MR) is 120 cm³/mol. The first-order chi connectivity index (χ1) is 14.0. The van der Waals surface area contributed by atoms with Crippen LogP contribution in [0, 0.1) is 5.92 Å². The molecule has 1 aliphatic carbocycles. The second kappa shape index (κ2) is 8.49. The summed E-state index contributed by atoms with van der Waals surface area (Å²) in [7, 11) is 4.00. The average Bonchev–Trinajstić information content (AvgIpc) is 3.38. The van der Waals surface area contributed by atoms with Crippen LogP contribution in [0.5, 0.6) is 0 Å². The van der Waals surface area contributed by atoms with E-state index in [-0.39, 0.29) is 23.1 Å². The van der Waals surface area contributed by atoms with E-state index in [0.717, 1.165) is 48.3 Å². The molecule has 2 fully saturated rings. The monoisotopic (exact) mass is 409 g/mol. The quantitative estimate of drug-likeness (QED) is 0.780. The summed E-state index contributed by atoms with van der Waals surface area (Å²) >= 11 is 1.62. The molecule has 29 heavy (non-hydrogen) atoms. The molecule has 1 heterocycles. The molecule has 1 atom stereocenters. The number of benzene rings is 2. The number of anilines is 3. The Morgan fingerprint density at radius 1 is 1.10 bits per heavy atom. The molecule has 1 saturated heterocycles. The van der Waals surface area contributed by atoms with Gasteiger partial charge in [-0.3, -0.25) is 14.5 Å². The summed E-state index contributed by atoms with van der Waals surface area (Å²) in [6.07, 6.45) is 4.24. The van der Waals surface area contributed by atoms with E-state index in [0.29, 0.717) is 5.75 Å². The maximum atomic E-state index is 12.6. The van der Waals surface area contributed by atoms with Crippen molar-refractivity contribution in [3.63, 3.8) is 0 Å². The summed E-state index contributed by atoms with van der Waals surface area (Å²) in [6.45, 7) is 0. The maximum Gasteiger partial charge on any atom is 0.238 e. The lowest BCUT2D eigenvalue weighted by molar-refractivity contribution is -0.119. The molecule has 1 aliphatic heterocycles. The van der Waals surface area contributed by atoms with Crippen LogP contribution in [0.25, 0.3) is 0 Å². The molecule has 152 valence electrons. The van der Waals surface area contributed by atoms with Crippen molar-refractivity contribution in [3.05, 3.63) is 54.1 Å². The van der Waals surface area contributed by atoms with Crippen molar-refractivity contribution in [1.82, 2.24) is 0 Å². The molecule has 4 rings (SSSR count). The first kappa shape index (κ1) is 19.8. The minimum Gasteiger partial charge on any atom is -0.378 e. The van der Waals surface area contributed by atoms with Gasteiger partial charge >= 0.3 is 0 Å². The summed E-state index contributed by atoms with van der Waals surface area (Å²) in [4.78, 5) is 29.0. The number of carbonyl (C=O) groups is 2. The molecule has 0 aromatic heterocycles. The molecule has 6 heteroatoms. The third-order valence-electron chi connectivity index (χ3n) is 5.68. The van der Waals surface area contributed by atoms with Gasteiger partial charge < -0.3 is 10.2 Å². The highest BCUT2D eigenvalue weighted by Gasteiger charge is 2.34. The van der Waals surface area contributed by atoms with Crippen LogP contribution in [0.15, 0.2) is 48.5 Å². The fraction of sp³-hybridized carbons (Fsp3) is 0.391. The standard InChI is InChI=1S/C23H27N3O2S/c1-25(2)19-10-12-20(13-11-19)26-21(27)15-29-23(26)17-8-5-9-18(14-17)24-22(28)16-6-3-4-7-16/h5,8-14,16,23H,3-4,6-7,15H2,1-2H3,(H,24,28)/t23-/m0/s1. The highest BCUT2D eigenvalue weighted by Crippen LogP contribution is 2.42. The minimum absolute atomic E-state index is 0.0870. The zero-order valence-electron chi connectivity index (χ0n) is 16.9. The second-order valence-corrected chi connectivity index (χ2v) is 9.00. The van der Waals surface area contributed by atoms with Crippen LogP contribution < -0.4 is 15.1 Å². The van der Waals surface area contributed by atoms with E-state index in [1.54, 1.807) is 11.8 Å². The molecular weight excluding hydrogens is 382 g/mol. The zero-order valence-corrected chi connectivity index (χ0v) is 17.7. The lowest BCUT2D eigenvalue weighted by Gasteiger charge is -2.25. The predicted octanol–water partition coefficient (Wildman–Crippen LogP) is 4.66. The van der Waals surface area contributed by atoms with Crippen molar-refractivity contribution in [2.24, 2.45) is 5.92 Å². The Hall–Kier alpha value is -2.47. The lowest BCUT2D eigenvalue weighted by atomic mass is 10.1. The fourth-order valence-electron chi connectivity index (χ4n) is 4.06. The van der Waals surface area contributed by atoms with Gasteiger partial charge in [-0.25, -0.2) is 0 Å². The van der Waals surface area contributed by atoms with Crippen molar-refractivity contribution in [2.75, 3.05) is 35.0 Å². The van der Waals surface area contributed by atoms with Gasteiger partial charge in [0.25, 0.3) is 0 Å². The van der Waals surface area contributed by atoms with Crippen LogP contribution in [0.2, 0.25) is 0 Å². The SMILES string of the molecule is CN(C)c1ccc(N2C(=O)CS[C@H]2c2cccc(NC(=O)C3CCCC3)c2)cc1. The van der Waals surface area contributed by atoms with Crippen molar-refractivity contribution in [3.8, 4) is 0 Å². The van der Waals surface area contributed by atoms with Crippen LogP contribution in [0.4, 0.5) is 17.1 Å². The number of rotatable bonds is 5. The Morgan fingerprint density at radius 3 is 2.52 bits per heavy atom. The van der Waals surface area contributed by atoms with E-state index in [1.807, 2.05) is 72.4 Å². The van der Waals surface area contributed by atoms with Gasteiger partial charge in [0.1, 0.15) is 5.37 Å². The Balaban J connectivity index is 1.54. The molecule has 2 aromatic rings. The van der Waals surface area contributed by atoms with E-state index in [1.165, 1.54) is 0 Å².